The van der Waals surface area contributed by atoms with Crippen molar-refractivity contribution in [3.63, 3.8) is 0 Å². The van der Waals surface area contributed by atoms with Crippen LogP contribution in [-0.2, 0) is 12.4 Å². The van der Waals surface area contributed by atoms with Gasteiger partial charge in [0.25, 0.3) is 0 Å². The molecule has 0 saturated heterocycles. The molecule has 0 amide bonds. The molecule has 6 unspecified atom stereocenters. The molecule has 0 radical (unpaired) electrons. The summed E-state index contributed by atoms with van der Waals surface area (Å²) in [5.74, 6) is 3.41. The molecule has 0 aliphatic heterocycles. The average Bonchev–Trinajstić information content (AvgIpc) is 3.36. The molecule has 0 heterocycles. The fourth-order valence-corrected chi connectivity index (χ4v) is 6.94. The summed E-state index contributed by atoms with van der Waals surface area (Å²) in [4.78, 5) is 0. The van der Waals surface area contributed by atoms with Crippen molar-refractivity contribution in [1.29, 1.82) is 0 Å². The molecule has 18 heteroatoms. The molecule has 392 valence electrons. The molecule has 0 fully saturated rings. The lowest BCUT2D eigenvalue weighted by Gasteiger charge is -2.25. The van der Waals surface area contributed by atoms with Crippen LogP contribution in [0.3, 0.4) is 0 Å². The number of benzene rings is 6. The fourth-order valence-electron chi connectivity index (χ4n) is 6.94. The summed E-state index contributed by atoms with van der Waals surface area (Å²) in [5.41, 5.74) is 0.373. The Kier molecular flexibility index (Phi) is 25.4. The Morgan fingerprint density at radius 3 is 1.01 bits per heavy atom. The predicted octanol–water partition coefficient (Wildman–Crippen LogP) is 12.1. The second-order valence-corrected chi connectivity index (χ2v) is 16.4. The second-order valence-electron chi connectivity index (χ2n) is 16.4. The van der Waals surface area contributed by atoms with Gasteiger partial charge in [0.2, 0.25) is 0 Å². The molecule has 0 saturated carbocycles. The Morgan fingerprint density at radius 1 is 0.431 bits per heavy atom. The topological polar surface area (TPSA) is 120 Å². The van der Waals surface area contributed by atoms with E-state index in [0.29, 0.717) is 48.9 Å². The van der Waals surface area contributed by atoms with Gasteiger partial charge in [-0.05, 0) is 122 Å². The smallest absolute Gasteiger partial charge is 0.416 e. The van der Waals surface area contributed by atoms with E-state index in [1.807, 2.05) is 74.5 Å². The third-order valence-electron chi connectivity index (χ3n) is 10.8. The fraction of sp³-hybridized carbons (Fsp3) is 0.333. The van der Waals surface area contributed by atoms with Crippen molar-refractivity contribution >= 4 is 24.8 Å². The van der Waals surface area contributed by atoms with E-state index in [2.05, 4.69) is 10.6 Å². The molecule has 0 aromatic heterocycles. The van der Waals surface area contributed by atoms with Gasteiger partial charge >= 0.3 is 12.4 Å². The number of alkyl halides is 6. The van der Waals surface area contributed by atoms with Gasteiger partial charge in [-0.15, -0.1) is 24.8 Å². The summed E-state index contributed by atoms with van der Waals surface area (Å²) < 4.78 is 111. The molecular formula is C54H62Cl2F6N2O8. The van der Waals surface area contributed by atoms with Gasteiger partial charge < -0.3 is 49.3 Å². The highest BCUT2D eigenvalue weighted by molar-refractivity contribution is 5.85. The van der Waals surface area contributed by atoms with E-state index < -0.39 is 35.7 Å². The van der Waals surface area contributed by atoms with E-state index >= 15 is 0 Å². The zero-order chi connectivity index (χ0) is 50.5. The third-order valence-corrected chi connectivity index (χ3v) is 10.8. The van der Waals surface area contributed by atoms with Crippen LogP contribution in [0.5, 0.6) is 34.5 Å². The minimum atomic E-state index is -4.40. The van der Waals surface area contributed by atoms with Gasteiger partial charge in [0, 0.05) is 38.0 Å². The molecule has 4 N–H and O–H groups in total. The van der Waals surface area contributed by atoms with Gasteiger partial charge in [0.1, 0.15) is 72.1 Å². The summed E-state index contributed by atoms with van der Waals surface area (Å²) in [7, 11) is 3.17. The standard InChI is InChI=1S/2C27H30F3NO4.2ClH/c2*1-19(31-17-22(32)18-34-24-14-12-23(33-2)13-15-24)16-26(20-6-4-3-5-7-20)35-25-10-8-21(9-11-25)27(28,29)30;;/h2*3-15,19,22,26,31-32H,16-18H2,1-2H3;2*1H. The lowest BCUT2D eigenvalue weighted by molar-refractivity contribution is -0.138. The number of aliphatic hydroxyl groups excluding tert-OH is 2. The van der Waals surface area contributed by atoms with Gasteiger partial charge in [-0.1, -0.05) is 60.7 Å². The third kappa shape index (κ3) is 21.1. The molecule has 6 rings (SSSR count). The van der Waals surface area contributed by atoms with Crippen molar-refractivity contribution in [2.75, 3.05) is 40.5 Å². The minimum Gasteiger partial charge on any atom is -0.497 e. The first-order chi connectivity index (χ1) is 33.5. The number of hydrogen-bond acceptors (Lipinski definition) is 10. The van der Waals surface area contributed by atoms with Crippen LogP contribution in [0.1, 0.15) is 61.2 Å². The summed E-state index contributed by atoms with van der Waals surface area (Å²) >= 11 is 0. The molecule has 10 nitrogen and oxygen atoms in total. The van der Waals surface area contributed by atoms with E-state index in [1.54, 1.807) is 62.8 Å². The van der Waals surface area contributed by atoms with Crippen LogP contribution < -0.4 is 39.1 Å². The Morgan fingerprint density at radius 2 is 0.722 bits per heavy atom. The minimum absolute atomic E-state index is 0. The number of aliphatic hydroxyl groups is 2. The Balaban J connectivity index is 0.000000370. The number of halogens is 8. The van der Waals surface area contributed by atoms with Crippen LogP contribution in [0, 0.1) is 0 Å². The summed E-state index contributed by atoms with van der Waals surface area (Å²) in [6.07, 6.45) is -9.95. The first-order valence-corrected chi connectivity index (χ1v) is 22.6. The lowest BCUT2D eigenvalue weighted by Crippen LogP contribution is -2.37. The van der Waals surface area contributed by atoms with Crippen molar-refractivity contribution in [1.82, 2.24) is 10.6 Å². The highest BCUT2D eigenvalue weighted by Gasteiger charge is 2.31. The second kappa shape index (κ2) is 30.2. The van der Waals surface area contributed by atoms with Gasteiger partial charge in [0.05, 0.1) is 25.3 Å². The number of methoxy groups -OCH3 is 2. The first-order valence-electron chi connectivity index (χ1n) is 22.6. The first kappa shape index (κ1) is 60.4. The van der Waals surface area contributed by atoms with Crippen molar-refractivity contribution in [3.8, 4) is 34.5 Å². The predicted molar refractivity (Wildman–Crippen MR) is 270 cm³/mol. The zero-order valence-corrected chi connectivity index (χ0v) is 41.8. The van der Waals surface area contributed by atoms with Gasteiger partial charge in [-0.2, -0.15) is 26.3 Å². The molecule has 6 atom stereocenters. The number of nitrogens with one attached hydrogen (secondary N) is 2. The van der Waals surface area contributed by atoms with E-state index in [1.165, 1.54) is 24.3 Å². The lowest BCUT2D eigenvalue weighted by atomic mass is 10.0. The maximum atomic E-state index is 12.9. The quantitative estimate of drug-likeness (QED) is 0.0436. The maximum absolute atomic E-state index is 12.9. The van der Waals surface area contributed by atoms with E-state index in [0.717, 1.165) is 46.9 Å². The highest BCUT2D eigenvalue weighted by Crippen LogP contribution is 2.34. The Hall–Kier alpha value is -5.88. The van der Waals surface area contributed by atoms with E-state index in [4.69, 9.17) is 28.4 Å². The molecule has 0 bridgehead atoms. The van der Waals surface area contributed by atoms with Crippen molar-refractivity contribution in [2.45, 2.75) is 75.5 Å². The van der Waals surface area contributed by atoms with Crippen molar-refractivity contribution in [3.05, 3.63) is 180 Å². The van der Waals surface area contributed by atoms with Gasteiger partial charge in [0.15, 0.2) is 0 Å². The Bertz CT molecular complexity index is 2200. The SMILES string of the molecule is COc1ccc(OCC(O)CNC(C)CC(Oc2ccc(C(F)(F)F)cc2)c2ccccc2)cc1.COc1ccc(OCC(O)CNC(C)CC(Oc2ccc(C(F)(F)F)cc2)c2ccccc2)cc1.Cl.Cl. The molecule has 72 heavy (non-hydrogen) atoms. The van der Waals surface area contributed by atoms with Crippen LogP contribution >= 0.6 is 24.8 Å². The number of ether oxygens (including phenoxy) is 6. The Labute approximate surface area is 429 Å². The summed E-state index contributed by atoms with van der Waals surface area (Å²) in [6.45, 7) is 4.77. The number of rotatable bonds is 24. The monoisotopic (exact) mass is 1050 g/mol. The van der Waals surface area contributed by atoms with Gasteiger partial charge in [-0.25, -0.2) is 0 Å². The molecule has 0 spiro atoms. The molecular weight excluding hydrogens is 989 g/mol. The van der Waals surface area contributed by atoms with Crippen molar-refractivity contribution < 1.29 is 65.0 Å². The zero-order valence-electron chi connectivity index (χ0n) is 40.1. The van der Waals surface area contributed by atoms with Crippen LogP contribution in [0.15, 0.2) is 158 Å². The van der Waals surface area contributed by atoms with E-state index in [9.17, 15) is 36.6 Å². The van der Waals surface area contributed by atoms with Gasteiger partial charge in [-0.3, -0.25) is 0 Å². The average molecular weight is 1050 g/mol. The highest BCUT2D eigenvalue weighted by atomic mass is 35.5. The maximum Gasteiger partial charge on any atom is 0.416 e. The van der Waals surface area contributed by atoms with Crippen LogP contribution in [0.2, 0.25) is 0 Å². The molecule has 0 aliphatic rings. The van der Waals surface area contributed by atoms with Crippen LogP contribution in [0.4, 0.5) is 26.3 Å². The van der Waals surface area contributed by atoms with E-state index in [-0.39, 0.29) is 62.3 Å². The van der Waals surface area contributed by atoms with Crippen LogP contribution in [-0.4, -0.2) is 75.0 Å². The number of hydrogen-bond donors (Lipinski definition) is 4. The summed E-state index contributed by atoms with van der Waals surface area (Å²) in [5, 5.41) is 27.2. The van der Waals surface area contributed by atoms with Crippen LogP contribution in [0.25, 0.3) is 0 Å². The normalized spacial score (nSPS) is 13.7. The molecule has 0 aliphatic carbocycles. The molecule has 6 aromatic carbocycles. The van der Waals surface area contributed by atoms with Crippen molar-refractivity contribution in [2.24, 2.45) is 0 Å². The summed E-state index contributed by atoms with van der Waals surface area (Å²) in [6, 6.07) is 42.4. The largest absolute Gasteiger partial charge is 0.497 e. The molecule has 6 aromatic rings.